The summed E-state index contributed by atoms with van der Waals surface area (Å²) in [6.45, 7) is 0.333. The van der Waals surface area contributed by atoms with Gasteiger partial charge in [-0.05, 0) is 70.1 Å². The van der Waals surface area contributed by atoms with Crippen LogP contribution in [0.5, 0.6) is 5.75 Å². The van der Waals surface area contributed by atoms with Crippen LogP contribution in [-0.4, -0.2) is 11.2 Å². The molecule has 0 radical (unpaired) electrons. The smallest absolute Gasteiger partial charge is 0.209 e. The lowest BCUT2D eigenvalue weighted by Crippen LogP contribution is -2.04. The SMILES string of the molecule is N#Cc1ccccc1COc1ccc(C=Nc2nc(-c3ccc(C4CCCCC4)cc3)cs2)cc1Br. The number of rotatable bonds is 7. The average molecular weight is 557 g/mol. The van der Waals surface area contributed by atoms with Crippen LogP contribution >= 0.6 is 27.3 Å². The van der Waals surface area contributed by atoms with Gasteiger partial charge >= 0.3 is 0 Å². The molecule has 4 nitrogen and oxygen atoms in total. The zero-order valence-electron chi connectivity index (χ0n) is 19.9. The predicted octanol–water partition coefficient (Wildman–Crippen LogP) is 8.82. The minimum absolute atomic E-state index is 0.333. The number of nitriles is 1. The van der Waals surface area contributed by atoms with E-state index in [2.05, 4.69) is 56.6 Å². The van der Waals surface area contributed by atoms with Gasteiger partial charge in [-0.1, -0.05) is 61.7 Å². The Morgan fingerprint density at radius 2 is 1.86 bits per heavy atom. The molecule has 0 amide bonds. The van der Waals surface area contributed by atoms with Crippen LogP contribution < -0.4 is 4.74 Å². The Morgan fingerprint density at radius 3 is 2.64 bits per heavy atom. The van der Waals surface area contributed by atoms with Gasteiger partial charge in [-0.25, -0.2) is 9.98 Å². The van der Waals surface area contributed by atoms with Gasteiger partial charge in [0, 0.05) is 22.7 Å². The van der Waals surface area contributed by atoms with E-state index in [0.717, 1.165) is 32.0 Å². The maximum Gasteiger partial charge on any atom is 0.209 e. The van der Waals surface area contributed by atoms with Crippen LogP contribution in [0.3, 0.4) is 0 Å². The molecule has 0 unspecified atom stereocenters. The molecule has 180 valence electrons. The summed E-state index contributed by atoms with van der Waals surface area (Å²) in [4.78, 5) is 9.30. The summed E-state index contributed by atoms with van der Waals surface area (Å²) in [6, 6.07) is 24.4. The summed E-state index contributed by atoms with van der Waals surface area (Å²) >= 11 is 5.13. The van der Waals surface area contributed by atoms with E-state index in [1.165, 1.54) is 37.7 Å². The normalized spacial score (nSPS) is 14.1. The highest BCUT2D eigenvalue weighted by Gasteiger charge is 2.15. The Hall–Kier alpha value is -3.27. The van der Waals surface area contributed by atoms with Crippen LogP contribution in [0, 0.1) is 11.3 Å². The van der Waals surface area contributed by atoms with E-state index in [4.69, 9.17) is 9.72 Å². The molecular weight excluding hydrogens is 530 g/mol. The van der Waals surface area contributed by atoms with Gasteiger partial charge in [0.15, 0.2) is 0 Å². The summed E-state index contributed by atoms with van der Waals surface area (Å²) in [7, 11) is 0. The van der Waals surface area contributed by atoms with E-state index < -0.39 is 0 Å². The number of benzene rings is 3. The Labute approximate surface area is 224 Å². The van der Waals surface area contributed by atoms with E-state index in [-0.39, 0.29) is 0 Å². The number of thiazole rings is 1. The van der Waals surface area contributed by atoms with Crippen LogP contribution in [0.1, 0.15) is 60.3 Å². The molecule has 1 aliphatic rings. The van der Waals surface area contributed by atoms with Crippen LogP contribution in [0.2, 0.25) is 0 Å². The van der Waals surface area contributed by atoms with Crippen molar-refractivity contribution in [2.24, 2.45) is 4.99 Å². The molecule has 0 atom stereocenters. The molecule has 1 aromatic heterocycles. The third-order valence-electron chi connectivity index (χ3n) is 6.58. The number of aromatic nitrogens is 1. The second-order valence-electron chi connectivity index (χ2n) is 8.98. The summed E-state index contributed by atoms with van der Waals surface area (Å²) in [5.74, 6) is 1.43. The first kappa shape index (κ1) is 24.4. The van der Waals surface area contributed by atoms with Crippen molar-refractivity contribution in [3.05, 3.63) is 98.8 Å². The van der Waals surface area contributed by atoms with Crippen molar-refractivity contribution < 1.29 is 4.74 Å². The van der Waals surface area contributed by atoms with Crippen molar-refractivity contribution in [2.45, 2.75) is 44.6 Å². The first-order chi connectivity index (χ1) is 17.7. The Balaban J connectivity index is 1.22. The molecule has 1 aliphatic carbocycles. The van der Waals surface area contributed by atoms with Gasteiger partial charge in [0.1, 0.15) is 12.4 Å². The largest absolute Gasteiger partial charge is 0.488 e. The first-order valence-corrected chi connectivity index (χ1v) is 13.9. The number of halogens is 1. The standard InChI is InChI=1S/C30H26BrN3OS/c31-27-16-21(10-15-29(27)35-19-26-9-5-4-8-25(26)17-32)18-33-30-34-28(20-36-30)24-13-11-23(12-14-24)22-6-2-1-3-7-22/h4-5,8-16,18,20,22H,1-3,6-7,19H2. The Bertz CT molecular complexity index is 1400. The summed E-state index contributed by atoms with van der Waals surface area (Å²) in [6.07, 6.45) is 8.52. The van der Waals surface area contributed by atoms with E-state index in [0.29, 0.717) is 23.8 Å². The fraction of sp³-hybridized carbons (Fsp3) is 0.233. The van der Waals surface area contributed by atoms with Gasteiger partial charge in [0.25, 0.3) is 0 Å². The molecule has 0 aliphatic heterocycles. The number of ether oxygens (including phenoxy) is 1. The monoisotopic (exact) mass is 555 g/mol. The van der Waals surface area contributed by atoms with Crippen molar-refractivity contribution in [3.63, 3.8) is 0 Å². The van der Waals surface area contributed by atoms with Gasteiger partial charge in [-0.15, -0.1) is 11.3 Å². The number of hydrogen-bond acceptors (Lipinski definition) is 5. The lowest BCUT2D eigenvalue weighted by molar-refractivity contribution is 0.304. The number of aliphatic imine (C=N–C) groups is 1. The van der Waals surface area contributed by atoms with Gasteiger partial charge in [-0.3, -0.25) is 0 Å². The fourth-order valence-corrected chi connectivity index (χ4v) is 5.75. The Kier molecular flexibility index (Phi) is 7.90. The maximum absolute atomic E-state index is 9.25. The lowest BCUT2D eigenvalue weighted by Gasteiger charge is -2.22. The molecule has 1 fully saturated rings. The molecule has 1 heterocycles. The topological polar surface area (TPSA) is 58.3 Å². The van der Waals surface area contributed by atoms with Crippen molar-refractivity contribution in [2.75, 3.05) is 0 Å². The quantitative estimate of drug-likeness (QED) is 0.214. The van der Waals surface area contributed by atoms with Gasteiger partial charge in [-0.2, -0.15) is 5.26 Å². The highest BCUT2D eigenvalue weighted by Crippen LogP contribution is 2.34. The summed E-state index contributed by atoms with van der Waals surface area (Å²) in [5.41, 5.74) is 5.99. The van der Waals surface area contributed by atoms with E-state index in [1.54, 1.807) is 17.4 Å². The van der Waals surface area contributed by atoms with E-state index >= 15 is 0 Å². The molecular formula is C30H26BrN3OS. The molecule has 0 spiro atoms. The maximum atomic E-state index is 9.25. The Morgan fingerprint density at radius 1 is 1.06 bits per heavy atom. The van der Waals surface area contributed by atoms with E-state index in [1.807, 2.05) is 42.6 Å². The molecule has 0 bridgehead atoms. The highest BCUT2D eigenvalue weighted by molar-refractivity contribution is 9.10. The lowest BCUT2D eigenvalue weighted by atomic mass is 9.84. The molecule has 0 N–H and O–H groups in total. The van der Waals surface area contributed by atoms with Crippen molar-refractivity contribution in [3.8, 4) is 23.1 Å². The van der Waals surface area contributed by atoms with Crippen LogP contribution in [0.25, 0.3) is 11.3 Å². The predicted molar refractivity (Wildman–Crippen MR) is 150 cm³/mol. The highest BCUT2D eigenvalue weighted by atomic mass is 79.9. The number of hydrogen-bond donors (Lipinski definition) is 0. The van der Waals surface area contributed by atoms with Gasteiger partial charge in [0.2, 0.25) is 5.13 Å². The zero-order chi connectivity index (χ0) is 24.7. The second kappa shape index (κ2) is 11.6. The van der Waals surface area contributed by atoms with Crippen molar-refractivity contribution >= 4 is 38.6 Å². The zero-order valence-corrected chi connectivity index (χ0v) is 22.3. The van der Waals surface area contributed by atoms with Gasteiger partial charge < -0.3 is 4.74 Å². The van der Waals surface area contributed by atoms with Crippen LogP contribution in [-0.2, 0) is 6.61 Å². The second-order valence-corrected chi connectivity index (χ2v) is 10.7. The molecule has 6 heteroatoms. The molecule has 36 heavy (non-hydrogen) atoms. The summed E-state index contributed by atoms with van der Waals surface area (Å²) in [5, 5.41) is 12.0. The third-order valence-corrected chi connectivity index (χ3v) is 7.94. The van der Waals surface area contributed by atoms with Crippen molar-refractivity contribution in [1.82, 2.24) is 4.98 Å². The summed E-state index contributed by atoms with van der Waals surface area (Å²) < 4.78 is 6.76. The van der Waals surface area contributed by atoms with E-state index in [9.17, 15) is 5.26 Å². The minimum Gasteiger partial charge on any atom is -0.488 e. The molecule has 4 aromatic rings. The van der Waals surface area contributed by atoms with Crippen LogP contribution in [0.15, 0.2) is 81.6 Å². The molecule has 5 rings (SSSR count). The van der Waals surface area contributed by atoms with Crippen molar-refractivity contribution in [1.29, 1.82) is 5.26 Å². The molecule has 1 saturated carbocycles. The molecule has 0 saturated heterocycles. The first-order valence-electron chi connectivity index (χ1n) is 12.2. The average Bonchev–Trinajstić information content (AvgIpc) is 3.41. The third kappa shape index (κ3) is 5.92. The van der Waals surface area contributed by atoms with Gasteiger partial charge in [0.05, 0.1) is 21.8 Å². The van der Waals surface area contributed by atoms with Crippen LogP contribution in [0.4, 0.5) is 5.13 Å². The molecule has 3 aromatic carbocycles. The fourth-order valence-electron chi connectivity index (χ4n) is 4.57. The minimum atomic E-state index is 0.333. The number of nitrogens with zero attached hydrogens (tertiary/aromatic N) is 3.